The first-order chi connectivity index (χ1) is 15.0. The van der Waals surface area contributed by atoms with Gasteiger partial charge in [-0.25, -0.2) is 22.0 Å². The number of nitrogens with two attached hydrogens (primary N) is 1. The van der Waals surface area contributed by atoms with Crippen LogP contribution in [0, 0.1) is 6.92 Å². The minimum atomic E-state index is -3.81. The van der Waals surface area contributed by atoms with Crippen LogP contribution >= 0.6 is 0 Å². The van der Waals surface area contributed by atoms with Crippen LogP contribution in [0.3, 0.4) is 0 Å². The standard InChI is InChI=1S/C21H21N3O6S2/c1-15-2-4-17(5-3-15)24-32(28,29)20-12-8-18(9-13-20)30-14-21(25)23-16-6-10-19(11-7-16)31(22,26)27/h2-13,24H,14H2,1H3,(H,23,25)(H2,22,26,27). The van der Waals surface area contributed by atoms with Crippen molar-refractivity contribution in [1.82, 2.24) is 0 Å². The Hall–Kier alpha value is -3.41. The maximum absolute atomic E-state index is 12.5. The van der Waals surface area contributed by atoms with Crippen LogP contribution in [-0.4, -0.2) is 29.3 Å². The van der Waals surface area contributed by atoms with Crippen LogP contribution < -0.4 is 19.9 Å². The van der Waals surface area contributed by atoms with Gasteiger partial charge in [0.05, 0.1) is 9.79 Å². The molecule has 0 fully saturated rings. The van der Waals surface area contributed by atoms with E-state index in [2.05, 4.69) is 10.0 Å². The number of anilines is 2. The van der Waals surface area contributed by atoms with Crippen molar-refractivity contribution in [1.29, 1.82) is 0 Å². The van der Waals surface area contributed by atoms with E-state index in [9.17, 15) is 21.6 Å². The number of nitrogens with one attached hydrogen (secondary N) is 2. The van der Waals surface area contributed by atoms with Crippen molar-refractivity contribution >= 4 is 37.3 Å². The van der Waals surface area contributed by atoms with Crippen molar-refractivity contribution in [2.75, 3.05) is 16.6 Å². The Kier molecular flexibility index (Phi) is 6.82. The monoisotopic (exact) mass is 475 g/mol. The summed E-state index contributed by atoms with van der Waals surface area (Å²) in [7, 11) is -7.58. The Morgan fingerprint density at radius 2 is 1.34 bits per heavy atom. The lowest BCUT2D eigenvalue weighted by atomic mass is 10.2. The maximum Gasteiger partial charge on any atom is 0.262 e. The van der Waals surface area contributed by atoms with E-state index in [0.29, 0.717) is 17.1 Å². The number of sulfonamides is 2. The molecule has 0 aliphatic heterocycles. The Labute approximate surface area is 186 Å². The van der Waals surface area contributed by atoms with Crippen molar-refractivity contribution in [3.8, 4) is 5.75 Å². The third-order valence-corrected chi connectivity index (χ3v) is 6.60. The van der Waals surface area contributed by atoms with Crippen molar-refractivity contribution < 1.29 is 26.4 Å². The highest BCUT2D eigenvalue weighted by Crippen LogP contribution is 2.20. The lowest BCUT2D eigenvalue weighted by Crippen LogP contribution is -2.20. The van der Waals surface area contributed by atoms with Crippen molar-refractivity contribution in [2.24, 2.45) is 5.14 Å². The number of hydrogen-bond donors (Lipinski definition) is 3. The molecule has 0 spiro atoms. The third-order valence-electron chi connectivity index (χ3n) is 4.27. The molecule has 0 saturated carbocycles. The van der Waals surface area contributed by atoms with Gasteiger partial charge in [-0.15, -0.1) is 0 Å². The molecular weight excluding hydrogens is 454 g/mol. The molecular formula is C21H21N3O6S2. The predicted molar refractivity (Wildman–Crippen MR) is 120 cm³/mol. The zero-order chi connectivity index (χ0) is 23.4. The summed E-state index contributed by atoms with van der Waals surface area (Å²) in [6, 6.07) is 17.9. The Morgan fingerprint density at radius 1 is 0.812 bits per heavy atom. The highest BCUT2D eigenvalue weighted by molar-refractivity contribution is 7.92. The van der Waals surface area contributed by atoms with Gasteiger partial charge in [-0.2, -0.15) is 0 Å². The van der Waals surface area contributed by atoms with Crippen LogP contribution in [0.15, 0.2) is 82.6 Å². The van der Waals surface area contributed by atoms with Crippen LogP contribution in [0.4, 0.5) is 11.4 Å². The number of benzene rings is 3. The molecule has 0 aliphatic carbocycles. The van der Waals surface area contributed by atoms with E-state index in [4.69, 9.17) is 9.88 Å². The molecule has 0 aliphatic rings. The smallest absolute Gasteiger partial charge is 0.262 e. The zero-order valence-corrected chi connectivity index (χ0v) is 18.6. The molecule has 0 heterocycles. The van der Waals surface area contributed by atoms with Gasteiger partial charge in [-0.05, 0) is 67.6 Å². The van der Waals surface area contributed by atoms with E-state index in [0.717, 1.165) is 5.56 Å². The molecule has 0 aromatic heterocycles. The second-order valence-electron chi connectivity index (χ2n) is 6.85. The molecule has 3 aromatic carbocycles. The third kappa shape index (κ3) is 6.30. The van der Waals surface area contributed by atoms with E-state index in [-0.39, 0.29) is 16.4 Å². The lowest BCUT2D eigenvalue weighted by molar-refractivity contribution is -0.118. The second-order valence-corrected chi connectivity index (χ2v) is 10.1. The second kappa shape index (κ2) is 9.39. The summed E-state index contributed by atoms with van der Waals surface area (Å²) >= 11 is 0. The van der Waals surface area contributed by atoms with Crippen molar-refractivity contribution in [3.63, 3.8) is 0 Å². The minimum Gasteiger partial charge on any atom is -0.484 e. The summed E-state index contributed by atoms with van der Waals surface area (Å²) in [5.41, 5.74) is 1.83. The summed E-state index contributed by atoms with van der Waals surface area (Å²) < 4.78 is 55.3. The molecule has 11 heteroatoms. The summed E-state index contributed by atoms with van der Waals surface area (Å²) in [5.74, 6) is -0.176. The average molecular weight is 476 g/mol. The summed E-state index contributed by atoms with van der Waals surface area (Å²) in [4.78, 5) is 12.0. The fraction of sp³-hybridized carbons (Fsp3) is 0.0952. The summed E-state index contributed by atoms with van der Waals surface area (Å²) in [6.07, 6.45) is 0. The van der Waals surface area contributed by atoms with E-state index < -0.39 is 26.0 Å². The highest BCUT2D eigenvalue weighted by atomic mass is 32.2. The summed E-state index contributed by atoms with van der Waals surface area (Å²) in [6.45, 7) is 1.58. The fourth-order valence-electron chi connectivity index (χ4n) is 2.62. The quantitative estimate of drug-likeness (QED) is 0.456. The first-order valence-corrected chi connectivity index (χ1v) is 12.3. The SMILES string of the molecule is Cc1ccc(NS(=O)(=O)c2ccc(OCC(=O)Nc3ccc(S(N)(=O)=O)cc3)cc2)cc1. The van der Waals surface area contributed by atoms with Gasteiger partial charge in [0.15, 0.2) is 6.61 Å². The number of ether oxygens (including phenoxy) is 1. The van der Waals surface area contributed by atoms with Crippen LogP contribution in [0.25, 0.3) is 0 Å². The van der Waals surface area contributed by atoms with Gasteiger partial charge in [0.1, 0.15) is 5.75 Å². The summed E-state index contributed by atoms with van der Waals surface area (Å²) in [5, 5.41) is 7.58. The van der Waals surface area contributed by atoms with E-state index in [1.165, 1.54) is 48.5 Å². The van der Waals surface area contributed by atoms with E-state index >= 15 is 0 Å². The molecule has 0 saturated heterocycles. The molecule has 32 heavy (non-hydrogen) atoms. The molecule has 3 aromatic rings. The number of carbonyl (C=O) groups excluding carboxylic acids is 1. The van der Waals surface area contributed by atoms with Gasteiger partial charge in [0.25, 0.3) is 15.9 Å². The van der Waals surface area contributed by atoms with E-state index in [1.54, 1.807) is 24.3 Å². The van der Waals surface area contributed by atoms with Crippen LogP contribution in [0.5, 0.6) is 5.75 Å². The molecule has 0 radical (unpaired) electrons. The molecule has 0 unspecified atom stereocenters. The molecule has 168 valence electrons. The lowest BCUT2D eigenvalue weighted by Gasteiger charge is -2.10. The van der Waals surface area contributed by atoms with Crippen LogP contribution in [0.1, 0.15) is 5.56 Å². The minimum absolute atomic E-state index is 0.0461. The van der Waals surface area contributed by atoms with Gasteiger partial charge in [0, 0.05) is 11.4 Å². The van der Waals surface area contributed by atoms with Crippen LogP contribution in [-0.2, 0) is 24.8 Å². The number of carbonyl (C=O) groups is 1. The number of hydrogen-bond acceptors (Lipinski definition) is 6. The average Bonchev–Trinajstić information content (AvgIpc) is 2.74. The fourth-order valence-corrected chi connectivity index (χ4v) is 4.20. The molecule has 1 amide bonds. The molecule has 3 rings (SSSR count). The predicted octanol–water partition coefficient (Wildman–Crippen LogP) is 2.46. The number of primary sulfonamides is 1. The number of rotatable bonds is 8. The normalized spacial score (nSPS) is 11.6. The van der Waals surface area contributed by atoms with Gasteiger partial charge in [-0.1, -0.05) is 17.7 Å². The van der Waals surface area contributed by atoms with Gasteiger partial charge in [0.2, 0.25) is 10.0 Å². The molecule has 4 N–H and O–H groups in total. The van der Waals surface area contributed by atoms with Crippen molar-refractivity contribution in [2.45, 2.75) is 16.7 Å². The highest BCUT2D eigenvalue weighted by Gasteiger charge is 2.14. The topological polar surface area (TPSA) is 145 Å². The number of aryl methyl sites for hydroxylation is 1. The first kappa shape index (κ1) is 23.3. The first-order valence-electron chi connectivity index (χ1n) is 9.28. The van der Waals surface area contributed by atoms with E-state index in [1.807, 2.05) is 6.92 Å². The number of amides is 1. The zero-order valence-electron chi connectivity index (χ0n) is 17.0. The Bertz CT molecular complexity index is 1300. The maximum atomic E-state index is 12.5. The van der Waals surface area contributed by atoms with Crippen molar-refractivity contribution in [3.05, 3.63) is 78.4 Å². The molecule has 0 atom stereocenters. The van der Waals surface area contributed by atoms with Gasteiger partial charge >= 0.3 is 0 Å². The molecule has 9 nitrogen and oxygen atoms in total. The molecule has 0 bridgehead atoms. The van der Waals surface area contributed by atoms with Crippen LogP contribution in [0.2, 0.25) is 0 Å². The Morgan fingerprint density at radius 3 is 1.91 bits per heavy atom. The largest absolute Gasteiger partial charge is 0.484 e. The Balaban J connectivity index is 1.56. The van der Waals surface area contributed by atoms with Gasteiger partial charge in [-0.3, -0.25) is 9.52 Å². The van der Waals surface area contributed by atoms with Gasteiger partial charge < -0.3 is 10.1 Å².